The highest BCUT2D eigenvalue weighted by Gasteiger charge is 2.36. The molecule has 1 aromatic rings. The van der Waals surface area contributed by atoms with E-state index >= 15 is 0 Å². The highest BCUT2D eigenvalue weighted by Crippen LogP contribution is 2.47. The highest BCUT2D eigenvalue weighted by atomic mass is 16.4. The van der Waals surface area contributed by atoms with Gasteiger partial charge in [0, 0.05) is 12.3 Å². The van der Waals surface area contributed by atoms with E-state index < -0.39 is 5.97 Å². The molecule has 2 atom stereocenters. The van der Waals surface area contributed by atoms with Gasteiger partial charge in [-0.2, -0.15) is 0 Å². The van der Waals surface area contributed by atoms with Crippen LogP contribution in [-0.2, 0) is 11.3 Å². The first-order valence-electron chi connectivity index (χ1n) is 7.64. The average Bonchev–Trinajstić information content (AvgIpc) is 2.96. The standard InChI is InChI=1S/C16H23NO3/c1-11-8-14(11)15-3-2-13(20-15)10-17-6-4-12(5-7-17)9-16(18)19/h2-3,11-12,14H,4-10H2,1H3,(H,18,19). The molecular weight excluding hydrogens is 254 g/mol. The van der Waals surface area contributed by atoms with Gasteiger partial charge in [0.2, 0.25) is 0 Å². The van der Waals surface area contributed by atoms with E-state index in [1.165, 1.54) is 6.42 Å². The van der Waals surface area contributed by atoms with Crippen molar-refractivity contribution in [1.29, 1.82) is 0 Å². The molecule has 1 saturated carbocycles. The molecule has 110 valence electrons. The zero-order chi connectivity index (χ0) is 14.1. The molecule has 20 heavy (non-hydrogen) atoms. The Morgan fingerprint density at radius 1 is 1.40 bits per heavy atom. The van der Waals surface area contributed by atoms with E-state index in [4.69, 9.17) is 9.52 Å². The quantitative estimate of drug-likeness (QED) is 0.898. The summed E-state index contributed by atoms with van der Waals surface area (Å²) in [6, 6.07) is 4.23. The maximum atomic E-state index is 10.7. The van der Waals surface area contributed by atoms with Crippen LogP contribution in [0.1, 0.15) is 50.0 Å². The lowest BCUT2D eigenvalue weighted by Gasteiger charge is -2.30. The van der Waals surface area contributed by atoms with Crippen LogP contribution in [0.5, 0.6) is 0 Å². The fraction of sp³-hybridized carbons (Fsp3) is 0.688. The van der Waals surface area contributed by atoms with E-state index in [1.807, 2.05) is 0 Å². The molecule has 3 rings (SSSR count). The van der Waals surface area contributed by atoms with E-state index in [2.05, 4.69) is 24.0 Å². The van der Waals surface area contributed by atoms with E-state index in [1.54, 1.807) is 0 Å². The Morgan fingerprint density at radius 3 is 2.70 bits per heavy atom. The second-order valence-electron chi connectivity index (χ2n) is 6.44. The summed E-state index contributed by atoms with van der Waals surface area (Å²) in [6.07, 6.45) is 3.55. The monoisotopic (exact) mass is 277 g/mol. The van der Waals surface area contributed by atoms with Gasteiger partial charge in [0.1, 0.15) is 11.5 Å². The first-order chi connectivity index (χ1) is 9.61. The molecule has 2 heterocycles. The average molecular weight is 277 g/mol. The minimum absolute atomic E-state index is 0.318. The van der Waals surface area contributed by atoms with Gasteiger partial charge in [-0.1, -0.05) is 6.92 Å². The first-order valence-corrected chi connectivity index (χ1v) is 7.64. The summed E-state index contributed by atoms with van der Waals surface area (Å²) in [7, 11) is 0. The Balaban J connectivity index is 1.47. The zero-order valence-corrected chi connectivity index (χ0v) is 12.0. The van der Waals surface area contributed by atoms with Crippen LogP contribution in [0.4, 0.5) is 0 Å². The van der Waals surface area contributed by atoms with Crippen LogP contribution in [0.15, 0.2) is 16.5 Å². The third kappa shape index (κ3) is 3.23. The molecule has 1 aliphatic carbocycles. The van der Waals surface area contributed by atoms with Crippen LogP contribution in [0.3, 0.4) is 0 Å². The molecular formula is C16H23NO3. The predicted octanol–water partition coefficient (Wildman–Crippen LogP) is 3.09. The van der Waals surface area contributed by atoms with Gasteiger partial charge >= 0.3 is 5.97 Å². The van der Waals surface area contributed by atoms with Gasteiger partial charge in [-0.15, -0.1) is 0 Å². The summed E-state index contributed by atoms with van der Waals surface area (Å²) in [5.41, 5.74) is 0. The smallest absolute Gasteiger partial charge is 0.303 e. The Kier molecular flexibility index (Phi) is 3.83. The van der Waals surface area contributed by atoms with Crippen molar-refractivity contribution in [3.63, 3.8) is 0 Å². The number of rotatable bonds is 5. The van der Waals surface area contributed by atoms with Crippen molar-refractivity contribution in [3.8, 4) is 0 Å². The Hall–Kier alpha value is -1.29. The van der Waals surface area contributed by atoms with Gasteiger partial charge in [-0.3, -0.25) is 9.69 Å². The molecule has 0 spiro atoms. The molecule has 1 saturated heterocycles. The lowest BCUT2D eigenvalue weighted by Crippen LogP contribution is -2.33. The molecule has 1 aromatic heterocycles. The molecule has 0 bridgehead atoms. The van der Waals surface area contributed by atoms with Gasteiger partial charge in [0.05, 0.1) is 6.54 Å². The Morgan fingerprint density at radius 2 is 2.10 bits per heavy atom. The van der Waals surface area contributed by atoms with Crippen LogP contribution >= 0.6 is 0 Å². The van der Waals surface area contributed by atoms with Crippen LogP contribution in [0.2, 0.25) is 0 Å². The third-order valence-corrected chi connectivity index (χ3v) is 4.71. The molecule has 4 heteroatoms. The fourth-order valence-corrected chi connectivity index (χ4v) is 3.21. The number of hydrogen-bond acceptors (Lipinski definition) is 3. The number of hydrogen-bond donors (Lipinski definition) is 1. The van der Waals surface area contributed by atoms with Crippen LogP contribution in [-0.4, -0.2) is 29.1 Å². The minimum Gasteiger partial charge on any atom is -0.481 e. The molecule has 2 fully saturated rings. The molecule has 2 unspecified atom stereocenters. The highest BCUT2D eigenvalue weighted by molar-refractivity contribution is 5.67. The maximum Gasteiger partial charge on any atom is 0.303 e. The second kappa shape index (κ2) is 5.60. The van der Waals surface area contributed by atoms with E-state index in [9.17, 15) is 4.79 Å². The van der Waals surface area contributed by atoms with Crippen LogP contribution in [0, 0.1) is 11.8 Å². The zero-order valence-electron chi connectivity index (χ0n) is 12.0. The molecule has 4 nitrogen and oxygen atoms in total. The third-order valence-electron chi connectivity index (χ3n) is 4.71. The van der Waals surface area contributed by atoms with Crippen molar-refractivity contribution in [1.82, 2.24) is 4.90 Å². The summed E-state index contributed by atoms with van der Waals surface area (Å²) in [5.74, 6) is 3.30. The summed E-state index contributed by atoms with van der Waals surface area (Å²) in [4.78, 5) is 13.1. The predicted molar refractivity (Wildman–Crippen MR) is 75.5 cm³/mol. The van der Waals surface area contributed by atoms with Crippen molar-refractivity contribution in [2.75, 3.05) is 13.1 Å². The van der Waals surface area contributed by atoms with Crippen molar-refractivity contribution < 1.29 is 14.3 Å². The normalized spacial score (nSPS) is 27.6. The van der Waals surface area contributed by atoms with Crippen molar-refractivity contribution >= 4 is 5.97 Å². The number of carboxylic acid groups (broad SMARTS) is 1. The number of carbonyl (C=O) groups is 1. The Labute approximate surface area is 119 Å². The van der Waals surface area contributed by atoms with Crippen molar-refractivity contribution in [2.45, 2.75) is 45.1 Å². The lowest BCUT2D eigenvalue weighted by atomic mass is 9.93. The van der Waals surface area contributed by atoms with E-state index in [0.29, 0.717) is 18.3 Å². The van der Waals surface area contributed by atoms with Crippen LogP contribution < -0.4 is 0 Å². The summed E-state index contributed by atoms with van der Waals surface area (Å²) in [6.45, 7) is 5.09. The largest absolute Gasteiger partial charge is 0.481 e. The number of furan rings is 1. The number of likely N-dealkylation sites (tertiary alicyclic amines) is 1. The number of aliphatic carboxylic acids is 1. The first kappa shape index (κ1) is 13.7. The van der Waals surface area contributed by atoms with Crippen molar-refractivity contribution in [3.05, 3.63) is 23.7 Å². The summed E-state index contributed by atoms with van der Waals surface area (Å²) < 4.78 is 5.94. The fourth-order valence-electron chi connectivity index (χ4n) is 3.21. The van der Waals surface area contributed by atoms with Gasteiger partial charge in [-0.25, -0.2) is 0 Å². The lowest BCUT2D eigenvalue weighted by molar-refractivity contribution is -0.138. The van der Waals surface area contributed by atoms with E-state index in [0.717, 1.165) is 49.9 Å². The Bertz CT molecular complexity index is 474. The minimum atomic E-state index is -0.669. The molecule has 1 aliphatic heterocycles. The number of nitrogens with zero attached hydrogens (tertiary/aromatic N) is 1. The van der Waals surface area contributed by atoms with Gasteiger partial charge < -0.3 is 9.52 Å². The van der Waals surface area contributed by atoms with Gasteiger partial charge in [0.15, 0.2) is 0 Å². The van der Waals surface area contributed by atoms with Crippen LogP contribution in [0.25, 0.3) is 0 Å². The molecule has 1 N–H and O–H groups in total. The summed E-state index contributed by atoms with van der Waals surface area (Å²) >= 11 is 0. The SMILES string of the molecule is CC1CC1c1ccc(CN2CCC(CC(=O)O)CC2)o1. The topological polar surface area (TPSA) is 53.7 Å². The van der Waals surface area contributed by atoms with Gasteiger partial charge in [0.25, 0.3) is 0 Å². The van der Waals surface area contributed by atoms with Crippen molar-refractivity contribution in [2.24, 2.45) is 11.8 Å². The number of carboxylic acids is 1. The molecule has 2 aliphatic rings. The summed E-state index contributed by atoms with van der Waals surface area (Å²) in [5, 5.41) is 8.82. The maximum absolute atomic E-state index is 10.7. The molecule has 0 radical (unpaired) electrons. The molecule has 0 aromatic carbocycles. The second-order valence-corrected chi connectivity index (χ2v) is 6.44. The number of piperidine rings is 1. The molecule has 0 amide bonds. The van der Waals surface area contributed by atoms with E-state index in [-0.39, 0.29) is 0 Å². The van der Waals surface area contributed by atoms with Gasteiger partial charge in [-0.05, 0) is 56.3 Å².